The van der Waals surface area contributed by atoms with E-state index >= 15 is 0 Å². The minimum atomic E-state index is -0.233. The smallest absolute Gasteiger partial charge is 0.246 e. The highest BCUT2D eigenvalue weighted by molar-refractivity contribution is 5.77. The number of amides is 1. The summed E-state index contributed by atoms with van der Waals surface area (Å²) in [6.07, 6.45) is 0.165. The van der Waals surface area contributed by atoms with Crippen LogP contribution in [-0.2, 0) is 9.53 Å². The van der Waals surface area contributed by atoms with E-state index in [4.69, 9.17) is 10.00 Å². The fraction of sp³-hybridized carbons (Fsp3) is 0.714. The molecule has 2 N–H and O–H groups in total. The third-order valence-corrected chi connectivity index (χ3v) is 1.56. The van der Waals surface area contributed by atoms with E-state index in [0.717, 1.165) is 13.1 Å². The standard InChI is InChI=1S/C7H11N3O2/c8-1-2-10-7(11)5-12-6-3-9-4-6/h6,9H,2-5H2,(H,10,11). The fourth-order valence-corrected chi connectivity index (χ4v) is 0.763. The monoisotopic (exact) mass is 169 g/mol. The average molecular weight is 169 g/mol. The molecule has 12 heavy (non-hydrogen) atoms. The van der Waals surface area contributed by atoms with Gasteiger partial charge in [0.15, 0.2) is 0 Å². The van der Waals surface area contributed by atoms with E-state index in [2.05, 4.69) is 10.6 Å². The Morgan fingerprint density at radius 2 is 2.50 bits per heavy atom. The molecule has 0 unspecified atom stereocenters. The van der Waals surface area contributed by atoms with Crippen molar-refractivity contribution in [3.63, 3.8) is 0 Å². The molecule has 1 rings (SSSR count). The summed E-state index contributed by atoms with van der Waals surface area (Å²) >= 11 is 0. The molecule has 0 atom stereocenters. The summed E-state index contributed by atoms with van der Waals surface area (Å²) in [5, 5.41) is 13.5. The van der Waals surface area contributed by atoms with Crippen LogP contribution in [0.25, 0.3) is 0 Å². The van der Waals surface area contributed by atoms with Crippen molar-refractivity contribution in [1.82, 2.24) is 10.6 Å². The molecule has 1 aliphatic rings. The summed E-state index contributed by atoms with van der Waals surface area (Å²) < 4.78 is 5.15. The molecule has 0 aromatic rings. The topological polar surface area (TPSA) is 74.2 Å². The fourth-order valence-electron chi connectivity index (χ4n) is 0.763. The Balaban J connectivity index is 1.98. The third kappa shape index (κ3) is 2.86. The Morgan fingerprint density at radius 1 is 1.75 bits per heavy atom. The summed E-state index contributed by atoms with van der Waals surface area (Å²) in [4.78, 5) is 10.8. The first-order chi connectivity index (χ1) is 5.83. The highest BCUT2D eigenvalue weighted by Gasteiger charge is 2.17. The Hall–Kier alpha value is -1.12. The van der Waals surface area contributed by atoms with Gasteiger partial charge in [0.2, 0.25) is 5.91 Å². The second kappa shape index (κ2) is 4.70. The molecule has 0 bridgehead atoms. The van der Waals surface area contributed by atoms with Crippen molar-refractivity contribution in [1.29, 1.82) is 5.26 Å². The summed E-state index contributed by atoms with van der Waals surface area (Å²) in [6, 6.07) is 1.81. The van der Waals surface area contributed by atoms with Crippen LogP contribution < -0.4 is 10.6 Å². The van der Waals surface area contributed by atoms with Crippen LogP contribution >= 0.6 is 0 Å². The first-order valence-corrected chi connectivity index (χ1v) is 3.79. The van der Waals surface area contributed by atoms with Gasteiger partial charge in [-0.3, -0.25) is 4.79 Å². The molecular formula is C7H11N3O2. The minimum Gasteiger partial charge on any atom is -0.366 e. The van der Waals surface area contributed by atoms with Crippen molar-refractivity contribution < 1.29 is 9.53 Å². The highest BCUT2D eigenvalue weighted by Crippen LogP contribution is 1.96. The highest BCUT2D eigenvalue weighted by atomic mass is 16.5. The van der Waals surface area contributed by atoms with Crippen molar-refractivity contribution in [2.45, 2.75) is 6.10 Å². The van der Waals surface area contributed by atoms with Gasteiger partial charge in [0.25, 0.3) is 0 Å². The molecule has 1 saturated heterocycles. The third-order valence-electron chi connectivity index (χ3n) is 1.56. The van der Waals surface area contributed by atoms with Gasteiger partial charge in [-0.15, -0.1) is 0 Å². The van der Waals surface area contributed by atoms with Gasteiger partial charge in [-0.2, -0.15) is 5.26 Å². The van der Waals surface area contributed by atoms with Crippen LogP contribution in [0.4, 0.5) is 0 Å². The van der Waals surface area contributed by atoms with Gasteiger partial charge < -0.3 is 15.4 Å². The van der Waals surface area contributed by atoms with Gasteiger partial charge in [-0.1, -0.05) is 0 Å². The van der Waals surface area contributed by atoms with Crippen LogP contribution in [0.3, 0.4) is 0 Å². The van der Waals surface area contributed by atoms with Crippen LogP contribution in [-0.4, -0.2) is 38.3 Å². The van der Waals surface area contributed by atoms with Gasteiger partial charge >= 0.3 is 0 Å². The van der Waals surface area contributed by atoms with Gasteiger partial charge in [0.1, 0.15) is 13.2 Å². The molecule has 0 aliphatic carbocycles. The zero-order chi connectivity index (χ0) is 8.81. The van der Waals surface area contributed by atoms with E-state index in [1.54, 1.807) is 0 Å². The Morgan fingerprint density at radius 3 is 3.00 bits per heavy atom. The lowest BCUT2D eigenvalue weighted by molar-refractivity contribution is -0.128. The van der Waals surface area contributed by atoms with Crippen LogP contribution in [0.1, 0.15) is 0 Å². The molecule has 0 aromatic heterocycles. The van der Waals surface area contributed by atoms with E-state index < -0.39 is 0 Å². The molecule has 5 nitrogen and oxygen atoms in total. The van der Waals surface area contributed by atoms with Crippen molar-refractivity contribution in [3.8, 4) is 6.07 Å². The van der Waals surface area contributed by atoms with E-state index in [-0.39, 0.29) is 25.2 Å². The molecule has 1 amide bonds. The minimum absolute atomic E-state index is 0.0467. The maximum Gasteiger partial charge on any atom is 0.246 e. The zero-order valence-electron chi connectivity index (χ0n) is 6.67. The number of nitrogens with zero attached hydrogens (tertiary/aromatic N) is 1. The van der Waals surface area contributed by atoms with E-state index in [0.29, 0.717) is 0 Å². The zero-order valence-corrected chi connectivity index (χ0v) is 6.67. The maximum atomic E-state index is 10.8. The summed E-state index contributed by atoms with van der Waals surface area (Å²) in [7, 11) is 0. The lowest BCUT2D eigenvalue weighted by atomic mass is 10.2. The number of nitrogens with one attached hydrogen (secondary N) is 2. The first-order valence-electron chi connectivity index (χ1n) is 3.79. The van der Waals surface area contributed by atoms with Gasteiger partial charge in [0, 0.05) is 13.1 Å². The number of hydrogen-bond donors (Lipinski definition) is 2. The molecule has 0 radical (unpaired) electrons. The van der Waals surface area contributed by atoms with Crippen molar-refractivity contribution in [2.24, 2.45) is 0 Å². The van der Waals surface area contributed by atoms with Crippen LogP contribution in [0.2, 0.25) is 0 Å². The van der Waals surface area contributed by atoms with Gasteiger partial charge in [-0.25, -0.2) is 0 Å². The normalized spacial score (nSPS) is 16.2. The van der Waals surface area contributed by atoms with E-state index in [1.807, 2.05) is 6.07 Å². The van der Waals surface area contributed by atoms with Crippen molar-refractivity contribution >= 4 is 5.91 Å². The molecule has 1 heterocycles. The summed E-state index contributed by atoms with van der Waals surface area (Å²) in [5.41, 5.74) is 0. The van der Waals surface area contributed by atoms with Crippen LogP contribution in [0.15, 0.2) is 0 Å². The first kappa shape index (κ1) is 8.97. The lowest BCUT2D eigenvalue weighted by Crippen LogP contribution is -2.49. The summed E-state index contributed by atoms with van der Waals surface area (Å²) in [5.74, 6) is -0.233. The van der Waals surface area contributed by atoms with Crippen LogP contribution in [0, 0.1) is 11.3 Å². The number of nitriles is 1. The van der Waals surface area contributed by atoms with Crippen molar-refractivity contribution in [3.05, 3.63) is 0 Å². The SMILES string of the molecule is N#CCNC(=O)COC1CNC1. The van der Waals surface area contributed by atoms with E-state index in [9.17, 15) is 4.79 Å². The van der Waals surface area contributed by atoms with E-state index in [1.165, 1.54) is 0 Å². The Labute approximate surface area is 70.7 Å². The lowest BCUT2D eigenvalue weighted by Gasteiger charge is -2.26. The molecule has 1 aliphatic heterocycles. The molecule has 66 valence electrons. The molecule has 0 saturated carbocycles. The van der Waals surface area contributed by atoms with Gasteiger partial charge in [-0.05, 0) is 0 Å². The molecule has 5 heteroatoms. The Bertz CT molecular complexity index is 195. The second-order valence-corrected chi connectivity index (χ2v) is 2.53. The molecule has 0 spiro atoms. The van der Waals surface area contributed by atoms with Crippen LogP contribution in [0.5, 0.6) is 0 Å². The number of carbonyl (C=O) groups is 1. The molecule has 1 fully saturated rings. The number of rotatable bonds is 4. The summed E-state index contributed by atoms with van der Waals surface area (Å²) in [6.45, 7) is 1.72. The second-order valence-electron chi connectivity index (χ2n) is 2.53. The predicted molar refractivity (Wildman–Crippen MR) is 41.2 cm³/mol. The quantitative estimate of drug-likeness (QED) is 0.508. The predicted octanol–water partition coefficient (Wildman–Crippen LogP) is -1.39. The number of ether oxygens (including phenoxy) is 1. The number of hydrogen-bond acceptors (Lipinski definition) is 4. The Kier molecular flexibility index (Phi) is 3.51. The van der Waals surface area contributed by atoms with Gasteiger partial charge in [0.05, 0.1) is 12.2 Å². The average Bonchev–Trinajstić information content (AvgIpc) is 1.98. The molecular weight excluding hydrogens is 158 g/mol. The van der Waals surface area contributed by atoms with Crippen molar-refractivity contribution in [2.75, 3.05) is 26.2 Å². The largest absolute Gasteiger partial charge is 0.366 e. The maximum absolute atomic E-state index is 10.8. The molecule has 0 aromatic carbocycles. The number of carbonyl (C=O) groups excluding carboxylic acids is 1.